The van der Waals surface area contributed by atoms with Crippen LogP contribution >= 0.6 is 0 Å². The third-order valence-electron chi connectivity index (χ3n) is 2.58. The third-order valence-corrected chi connectivity index (χ3v) is 2.58. The summed E-state index contributed by atoms with van der Waals surface area (Å²) in [5.74, 6) is -2.21. The summed E-state index contributed by atoms with van der Waals surface area (Å²) in [4.78, 5) is 33.7. The van der Waals surface area contributed by atoms with Crippen LogP contribution < -0.4 is 15.8 Å². The largest absolute Gasteiger partial charge is 0.494 e. The summed E-state index contributed by atoms with van der Waals surface area (Å²) < 4.78 is 5.39. The van der Waals surface area contributed by atoms with Gasteiger partial charge >= 0.3 is 5.97 Å². The minimum atomic E-state index is -1.35. The number of amides is 2. The molecule has 7 heteroatoms. The molecule has 0 aliphatic carbocycles. The Hall–Kier alpha value is -2.57. The number of carbonyl (C=O) groups is 3. The molecule has 0 radical (unpaired) electrons. The number of ether oxygens (including phenoxy) is 1. The molecule has 1 atom stereocenters. The first-order valence-electron chi connectivity index (χ1n) is 6.49. The van der Waals surface area contributed by atoms with E-state index in [0.717, 1.165) is 6.42 Å². The fourth-order valence-electron chi connectivity index (χ4n) is 1.59. The van der Waals surface area contributed by atoms with Crippen molar-refractivity contribution in [3.8, 4) is 5.75 Å². The van der Waals surface area contributed by atoms with Crippen molar-refractivity contribution in [2.75, 3.05) is 6.61 Å². The minimum absolute atomic E-state index is 0.249. The van der Waals surface area contributed by atoms with Gasteiger partial charge in [-0.25, -0.2) is 4.79 Å². The molecule has 0 heterocycles. The molecule has 4 N–H and O–H groups in total. The van der Waals surface area contributed by atoms with E-state index < -0.39 is 30.2 Å². The first kappa shape index (κ1) is 16.5. The van der Waals surface area contributed by atoms with E-state index in [1.54, 1.807) is 12.1 Å². The monoisotopic (exact) mass is 294 g/mol. The van der Waals surface area contributed by atoms with Crippen molar-refractivity contribution in [2.45, 2.75) is 25.8 Å². The molecule has 0 saturated heterocycles. The lowest BCUT2D eigenvalue weighted by Gasteiger charge is -2.13. The second-order valence-corrected chi connectivity index (χ2v) is 4.41. The van der Waals surface area contributed by atoms with Gasteiger partial charge in [0.25, 0.3) is 5.91 Å². The molecule has 7 nitrogen and oxygen atoms in total. The standard InChI is InChI=1S/C14H18N2O5/c1-2-6-21-10-5-3-4-9(7-10)13(18)16-11(14(19)20)8-12(15)17/h3-5,7,11H,2,6,8H2,1H3,(H2,15,17)(H,16,18)(H,19,20). The molecule has 0 fully saturated rings. The van der Waals surface area contributed by atoms with Crippen LogP contribution in [-0.2, 0) is 9.59 Å². The van der Waals surface area contributed by atoms with Gasteiger partial charge < -0.3 is 20.9 Å². The number of aliphatic carboxylic acids is 1. The highest BCUT2D eigenvalue weighted by Gasteiger charge is 2.22. The number of carboxylic acid groups (broad SMARTS) is 1. The quantitative estimate of drug-likeness (QED) is 0.646. The van der Waals surface area contributed by atoms with Gasteiger partial charge in [0, 0.05) is 5.56 Å². The molecule has 21 heavy (non-hydrogen) atoms. The number of rotatable bonds is 8. The molecule has 0 bridgehead atoms. The fourth-order valence-corrected chi connectivity index (χ4v) is 1.59. The molecule has 1 rings (SSSR count). The van der Waals surface area contributed by atoms with Gasteiger partial charge in [-0.05, 0) is 24.6 Å². The molecule has 1 aromatic rings. The summed E-state index contributed by atoms with van der Waals surface area (Å²) in [7, 11) is 0. The number of hydrogen-bond donors (Lipinski definition) is 3. The molecule has 0 aromatic heterocycles. The average molecular weight is 294 g/mol. The maximum atomic E-state index is 12.0. The summed E-state index contributed by atoms with van der Waals surface area (Å²) in [5.41, 5.74) is 5.20. The SMILES string of the molecule is CCCOc1cccc(C(=O)NC(CC(N)=O)C(=O)O)c1. The molecule has 1 unspecified atom stereocenters. The van der Waals surface area contributed by atoms with Crippen molar-refractivity contribution in [1.29, 1.82) is 0 Å². The van der Waals surface area contributed by atoms with Crippen molar-refractivity contribution in [3.63, 3.8) is 0 Å². The van der Waals surface area contributed by atoms with Gasteiger partial charge in [0.05, 0.1) is 13.0 Å². The Morgan fingerprint density at radius 2 is 2.10 bits per heavy atom. The number of benzene rings is 1. The maximum Gasteiger partial charge on any atom is 0.326 e. The van der Waals surface area contributed by atoms with Crippen molar-refractivity contribution in [3.05, 3.63) is 29.8 Å². The molecule has 114 valence electrons. The van der Waals surface area contributed by atoms with Crippen molar-refractivity contribution in [2.24, 2.45) is 5.73 Å². The van der Waals surface area contributed by atoms with Gasteiger partial charge in [-0.15, -0.1) is 0 Å². The maximum absolute atomic E-state index is 12.0. The van der Waals surface area contributed by atoms with Crippen LogP contribution in [0.3, 0.4) is 0 Å². The third kappa shape index (κ3) is 5.52. The molecule has 0 aliphatic rings. The number of nitrogens with two attached hydrogens (primary N) is 1. The van der Waals surface area contributed by atoms with Gasteiger partial charge in [-0.1, -0.05) is 13.0 Å². The Morgan fingerprint density at radius 1 is 1.38 bits per heavy atom. The number of primary amides is 1. The van der Waals surface area contributed by atoms with Gasteiger partial charge in [0.1, 0.15) is 11.8 Å². The van der Waals surface area contributed by atoms with Crippen LogP contribution in [0.5, 0.6) is 5.75 Å². The van der Waals surface area contributed by atoms with E-state index in [-0.39, 0.29) is 5.56 Å². The van der Waals surface area contributed by atoms with Crippen LogP contribution in [-0.4, -0.2) is 35.5 Å². The predicted molar refractivity (Wildman–Crippen MR) is 74.9 cm³/mol. The summed E-state index contributed by atoms with van der Waals surface area (Å²) in [6.07, 6.45) is 0.364. The van der Waals surface area contributed by atoms with Crippen LogP contribution in [0.1, 0.15) is 30.1 Å². The average Bonchev–Trinajstić information content (AvgIpc) is 2.44. The number of carbonyl (C=O) groups excluding carboxylic acids is 2. The molecular formula is C14H18N2O5. The Balaban J connectivity index is 2.77. The summed E-state index contributed by atoms with van der Waals surface area (Å²) >= 11 is 0. The summed E-state index contributed by atoms with van der Waals surface area (Å²) in [6.45, 7) is 2.47. The highest BCUT2D eigenvalue weighted by Crippen LogP contribution is 2.13. The van der Waals surface area contributed by atoms with Crippen LogP contribution in [0.25, 0.3) is 0 Å². The van der Waals surface area contributed by atoms with Crippen molar-refractivity contribution < 1.29 is 24.2 Å². The first-order valence-corrected chi connectivity index (χ1v) is 6.49. The van der Waals surface area contributed by atoms with Crippen molar-refractivity contribution in [1.82, 2.24) is 5.32 Å². The molecular weight excluding hydrogens is 276 g/mol. The lowest BCUT2D eigenvalue weighted by Crippen LogP contribution is -2.43. The predicted octanol–water partition coefficient (Wildman–Crippen LogP) is 0.534. The lowest BCUT2D eigenvalue weighted by atomic mass is 10.1. The van der Waals surface area contributed by atoms with Gasteiger partial charge in [-0.2, -0.15) is 0 Å². The van der Waals surface area contributed by atoms with E-state index in [1.165, 1.54) is 12.1 Å². The Kier molecular flexibility index (Phi) is 6.19. The van der Waals surface area contributed by atoms with Crippen molar-refractivity contribution >= 4 is 17.8 Å². The molecule has 2 amide bonds. The van der Waals surface area contributed by atoms with Crippen LogP contribution in [0, 0.1) is 0 Å². The lowest BCUT2D eigenvalue weighted by molar-refractivity contribution is -0.140. The summed E-state index contributed by atoms with van der Waals surface area (Å²) in [5, 5.41) is 11.2. The van der Waals surface area contributed by atoms with E-state index in [0.29, 0.717) is 12.4 Å². The van der Waals surface area contributed by atoms with E-state index in [4.69, 9.17) is 15.6 Å². The zero-order valence-corrected chi connectivity index (χ0v) is 11.7. The normalized spacial score (nSPS) is 11.5. The molecule has 0 spiro atoms. The zero-order valence-electron chi connectivity index (χ0n) is 11.7. The van der Waals surface area contributed by atoms with E-state index in [1.807, 2.05) is 6.92 Å². The molecule has 1 aromatic carbocycles. The highest BCUT2D eigenvalue weighted by molar-refractivity contribution is 5.97. The van der Waals surface area contributed by atoms with E-state index >= 15 is 0 Å². The van der Waals surface area contributed by atoms with E-state index in [2.05, 4.69) is 5.32 Å². The van der Waals surface area contributed by atoms with Gasteiger partial charge in [-0.3, -0.25) is 9.59 Å². The van der Waals surface area contributed by atoms with E-state index in [9.17, 15) is 14.4 Å². The Labute approximate surface area is 122 Å². The number of nitrogens with one attached hydrogen (secondary N) is 1. The Bertz CT molecular complexity index is 530. The second kappa shape index (κ2) is 7.88. The van der Waals surface area contributed by atoms with Crippen LogP contribution in [0.15, 0.2) is 24.3 Å². The Morgan fingerprint density at radius 3 is 2.67 bits per heavy atom. The van der Waals surface area contributed by atoms with Gasteiger partial charge in [0.2, 0.25) is 5.91 Å². The first-order chi connectivity index (χ1) is 9.93. The number of hydrogen-bond acceptors (Lipinski definition) is 4. The fraction of sp³-hybridized carbons (Fsp3) is 0.357. The molecule has 0 saturated carbocycles. The smallest absolute Gasteiger partial charge is 0.326 e. The van der Waals surface area contributed by atoms with Crippen LogP contribution in [0.4, 0.5) is 0 Å². The topological polar surface area (TPSA) is 119 Å². The second-order valence-electron chi connectivity index (χ2n) is 4.41. The molecule has 0 aliphatic heterocycles. The highest BCUT2D eigenvalue weighted by atomic mass is 16.5. The minimum Gasteiger partial charge on any atom is -0.494 e. The van der Waals surface area contributed by atoms with Gasteiger partial charge in [0.15, 0.2) is 0 Å². The summed E-state index contributed by atoms with van der Waals surface area (Å²) in [6, 6.07) is 5.01. The number of carboxylic acids is 1. The van der Waals surface area contributed by atoms with Crippen LogP contribution in [0.2, 0.25) is 0 Å². The zero-order chi connectivity index (χ0) is 15.8.